The highest BCUT2D eigenvalue weighted by Gasteiger charge is 2.31. The number of hydrogen-bond donors (Lipinski definition) is 1. The summed E-state index contributed by atoms with van der Waals surface area (Å²) in [5, 5.41) is 5.97. The smallest absolute Gasteiger partial charge is 0.00795 e. The maximum Gasteiger partial charge on any atom is 0.00795 e. The van der Waals surface area contributed by atoms with Gasteiger partial charge in [-0.15, -0.1) is 11.3 Å². The summed E-state index contributed by atoms with van der Waals surface area (Å²) in [5.41, 5.74) is 0. The Morgan fingerprint density at radius 2 is 2.18 bits per heavy atom. The number of hydrogen-bond acceptors (Lipinski definition) is 2. The molecule has 94 valence electrons. The molecule has 3 unspecified atom stereocenters. The van der Waals surface area contributed by atoms with Gasteiger partial charge in [0, 0.05) is 10.9 Å². The van der Waals surface area contributed by atoms with E-state index in [0.29, 0.717) is 0 Å². The fourth-order valence-electron chi connectivity index (χ4n) is 3.14. The van der Waals surface area contributed by atoms with Crippen LogP contribution < -0.4 is 5.32 Å². The molecule has 3 rings (SSSR count). The fourth-order valence-corrected chi connectivity index (χ4v) is 4.08. The molecule has 0 aromatic carbocycles. The molecule has 2 saturated carbocycles. The zero-order valence-electron chi connectivity index (χ0n) is 10.7. The van der Waals surface area contributed by atoms with E-state index in [2.05, 4.69) is 29.8 Å². The van der Waals surface area contributed by atoms with Gasteiger partial charge in [-0.1, -0.05) is 19.4 Å². The lowest BCUT2D eigenvalue weighted by Gasteiger charge is -2.34. The number of nitrogens with one attached hydrogen (secondary N) is 1. The predicted octanol–water partition coefficient (Wildman–Crippen LogP) is 4.02. The Balaban J connectivity index is 1.65. The Morgan fingerprint density at radius 3 is 2.88 bits per heavy atom. The van der Waals surface area contributed by atoms with Gasteiger partial charge in [0.25, 0.3) is 0 Å². The summed E-state index contributed by atoms with van der Waals surface area (Å²) in [4.78, 5) is 1.62. The molecule has 1 N–H and O–H groups in total. The topological polar surface area (TPSA) is 12.0 Å². The first-order valence-electron chi connectivity index (χ1n) is 7.09. The van der Waals surface area contributed by atoms with Crippen molar-refractivity contribution in [2.75, 3.05) is 6.54 Å². The molecule has 0 saturated heterocycles. The molecule has 1 nitrogen and oxygen atoms in total. The molecular formula is C15H23NS. The van der Waals surface area contributed by atoms with E-state index in [1.165, 1.54) is 38.6 Å². The van der Waals surface area contributed by atoms with Crippen LogP contribution in [0.25, 0.3) is 0 Å². The zero-order chi connectivity index (χ0) is 11.7. The van der Waals surface area contributed by atoms with E-state index >= 15 is 0 Å². The third-order valence-corrected chi connectivity index (χ3v) is 5.41. The van der Waals surface area contributed by atoms with Crippen molar-refractivity contribution in [3.63, 3.8) is 0 Å². The van der Waals surface area contributed by atoms with Gasteiger partial charge in [-0.25, -0.2) is 0 Å². The summed E-state index contributed by atoms with van der Waals surface area (Å²) in [6.45, 7) is 3.67. The van der Waals surface area contributed by atoms with Crippen molar-refractivity contribution in [1.29, 1.82) is 0 Å². The van der Waals surface area contributed by atoms with E-state index in [4.69, 9.17) is 0 Å². The van der Waals surface area contributed by atoms with Crippen molar-refractivity contribution >= 4 is 11.3 Å². The number of rotatable bonds is 4. The van der Waals surface area contributed by atoms with Crippen LogP contribution in [0.3, 0.4) is 0 Å². The molecule has 1 aromatic heterocycles. The van der Waals surface area contributed by atoms with Gasteiger partial charge in [-0.2, -0.15) is 0 Å². The zero-order valence-corrected chi connectivity index (χ0v) is 11.5. The van der Waals surface area contributed by atoms with Gasteiger partial charge in [0.2, 0.25) is 0 Å². The van der Waals surface area contributed by atoms with Crippen LogP contribution in [0.1, 0.15) is 49.8 Å². The molecule has 0 aliphatic heterocycles. The summed E-state index contributed by atoms with van der Waals surface area (Å²) in [6.07, 6.45) is 7.07. The second kappa shape index (κ2) is 5.11. The van der Waals surface area contributed by atoms with Gasteiger partial charge in [-0.3, -0.25) is 0 Å². The molecule has 2 heteroatoms. The monoisotopic (exact) mass is 249 g/mol. The van der Waals surface area contributed by atoms with Crippen LogP contribution in [0, 0.1) is 11.8 Å². The molecule has 0 spiro atoms. The van der Waals surface area contributed by atoms with Crippen LogP contribution in [0.4, 0.5) is 0 Å². The third kappa shape index (κ3) is 2.92. The molecule has 2 fully saturated rings. The van der Waals surface area contributed by atoms with Crippen molar-refractivity contribution in [1.82, 2.24) is 5.32 Å². The van der Waals surface area contributed by atoms with Crippen molar-refractivity contribution in [3.8, 4) is 0 Å². The predicted molar refractivity (Wildman–Crippen MR) is 74.6 cm³/mol. The minimum Gasteiger partial charge on any atom is -0.314 e. The van der Waals surface area contributed by atoms with E-state index in [1.54, 1.807) is 4.88 Å². The van der Waals surface area contributed by atoms with Crippen LogP contribution in [0.5, 0.6) is 0 Å². The number of thiophene rings is 1. The van der Waals surface area contributed by atoms with Gasteiger partial charge >= 0.3 is 0 Å². The van der Waals surface area contributed by atoms with Crippen molar-refractivity contribution < 1.29 is 0 Å². The van der Waals surface area contributed by atoms with E-state index in [9.17, 15) is 0 Å². The first-order valence-corrected chi connectivity index (χ1v) is 7.97. The molecule has 2 aliphatic rings. The molecule has 1 aromatic rings. The molecule has 17 heavy (non-hydrogen) atoms. The minimum absolute atomic E-state index is 0.824. The Kier molecular flexibility index (Phi) is 3.53. The van der Waals surface area contributed by atoms with Gasteiger partial charge in [0.15, 0.2) is 0 Å². The highest BCUT2D eigenvalue weighted by molar-refractivity contribution is 7.10. The third-order valence-electron chi connectivity index (χ3n) is 4.41. The quantitative estimate of drug-likeness (QED) is 0.850. The first kappa shape index (κ1) is 11.7. The molecule has 0 bridgehead atoms. The summed E-state index contributed by atoms with van der Waals surface area (Å²) in [5.74, 6) is 2.62. The fraction of sp³-hybridized carbons (Fsp3) is 0.733. The highest BCUT2D eigenvalue weighted by atomic mass is 32.1. The van der Waals surface area contributed by atoms with E-state index in [0.717, 1.165) is 23.8 Å². The molecule has 0 amide bonds. The largest absolute Gasteiger partial charge is 0.314 e. The molecule has 1 heterocycles. The van der Waals surface area contributed by atoms with Crippen LogP contribution in [0.2, 0.25) is 0 Å². The normalized spacial score (nSPS) is 33.8. The molecule has 3 atom stereocenters. The van der Waals surface area contributed by atoms with Crippen molar-refractivity contribution in [2.24, 2.45) is 11.8 Å². The second-order valence-corrected chi connectivity index (χ2v) is 6.96. The summed E-state index contributed by atoms with van der Waals surface area (Å²) in [6, 6.07) is 5.42. The van der Waals surface area contributed by atoms with Crippen molar-refractivity contribution in [2.45, 2.75) is 51.0 Å². The SMILES string of the molecule is CC1CCC(CNC2CC2)C(c2cccs2)C1. The van der Waals surface area contributed by atoms with Gasteiger partial charge < -0.3 is 5.32 Å². The summed E-state index contributed by atoms with van der Waals surface area (Å²) >= 11 is 1.96. The Hall–Kier alpha value is -0.340. The maximum absolute atomic E-state index is 3.74. The van der Waals surface area contributed by atoms with Crippen molar-refractivity contribution in [3.05, 3.63) is 22.4 Å². The van der Waals surface area contributed by atoms with E-state index < -0.39 is 0 Å². The lowest BCUT2D eigenvalue weighted by atomic mass is 9.74. The average molecular weight is 249 g/mol. The first-order chi connectivity index (χ1) is 8.33. The van der Waals surface area contributed by atoms with Gasteiger partial charge in [-0.05, 0) is 61.4 Å². The standard InChI is InChI=1S/C15H23NS/c1-11-4-5-12(10-16-13-6-7-13)14(9-11)15-3-2-8-17-15/h2-3,8,11-14,16H,4-7,9-10H2,1H3. The van der Waals surface area contributed by atoms with Crippen LogP contribution in [0.15, 0.2) is 17.5 Å². The molecule has 2 aliphatic carbocycles. The van der Waals surface area contributed by atoms with Crippen LogP contribution in [-0.4, -0.2) is 12.6 Å². The lowest BCUT2D eigenvalue weighted by molar-refractivity contribution is 0.244. The van der Waals surface area contributed by atoms with E-state index in [-0.39, 0.29) is 0 Å². The molecule has 0 radical (unpaired) electrons. The van der Waals surface area contributed by atoms with Crippen LogP contribution in [-0.2, 0) is 0 Å². The maximum atomic E-state index is 3.74. The summed E-state index contributed by atoms with van der Waals surface area (Å²) in [7, 11) is 0. The van der Waals surface area contributed by atoms with Crippen LogP contribution >= 0.6 is 11.3 Å². The van der Waals surface area contributed by atoms with Gasteiger partial charge in [0.05, 0.1) is 0 Å². The lowest BCUT2D eigenvalue weighted by Crippen LogP contribution is -2.32. The van der Waals surface area contributed by atoms with Gasteiger partial charge in [0.1, 0.15) is 0 Å². The highest BCUT2D eigenvalue weighted by Crippen LogP contribution is 2.42. The Bertz CT molecular complexity index is 342. The average Bonchev–Trinajstić information content (AvgIpc) is 3.00. The van der Waals surface area contributed by atoms with E-state index in [1.807, 2.05) is 11.3 Å². The summed E-state index contributed by atoms with van der Waals surface area (Å²) < 4.78 is 0. The minimum atomic E-state index is 0.824. The Morgan fingerprint density at radius 1 is 1.29 bits per heavy atom. The Labute approximate surface area is 109 Å². The second-order valence-electron chi connectivity index (χ2n) is 5.98. The molecular weight excluding hydrogens is 226 g/mol.